The van der Waals surface area contributed by atoms with Crippen molar-refractivity contribution in [1.29, 1.82) is 5.41 Å². The van der Waals surface area contributed by atoms with E-state index in [0.717, 1.165) is 55.3 Å². The molecule has 1 aromatic heterocycles. The molecule has 1 fully saturated rings. The van der Waals surface area contributed by atoms with Crippen LogP contribution in [0.5, 0.6) is 11.5 Å². The Morgan fingerprint density at radius 1 is 0.968 bits per heavy atom. The molecule has 3 aromatic rings. The van der Waals surface area contributed by atoms with Crippen molar-refractivity contribution in [3.8, 4) is 11.5 Å². The molecule has 2 heterocycles. The predicted molar refractivity (Wildman–Crippen MR) is 114 cm³/mol. The number of thiazole rings is 1. The van der Waals surface area contributed by atoms with Crippen LogP contribution in [0.3, 0.4) is 0 Å². The van der Waals surface area contributed by atoms with Crippen molar-refractivity contribution in [2.45, 2.75) is 12.9 Å². The fourth-order valence-electron chi connectivity index (χ4n) is 3.75. The first kappa shape index (κ1) is 21.5. The van der Waals surface area contributed by atoms with E-state index >= 15 is 0 Å². The summed E-state index contributed by atoms with van der Waals surface area (Å²) in [6, 6.07) is 12.3. The molecule has 4 rings (SSSR count). The maximum atomic E-state index is 12.4. The van der Waals surface area contributed by atoms with Crippen LogP contribution in [0.25, 0.3) is 10.2 Å². The minimum absolute atomic E-state index is 0.261. The average Bonchev–Trinajstić information content (AvgIpc) is 3.05. The van der Waals surface area contributed by atoms with Gasteiger partial charge in [0.25, 0.3) is 0 Å². The maximum Gasteiger partial charge on any atom is 0.573 e. The molecule has 0 saturated carbocycles. The summed E-state index contributed by atoms with van der Waals surface area (Å²) < 4.78 is 49.0. The predicted octanol–water partition coefficient (Wildman–Crippen LogP) is 3.91. The number of benzene rings is 2. The van der Waals surface area contributed by atoms with E-state index in [4.69, 9.17) is 10.1 Å². The number of halogens is 3. The van der Waals surface area contributed by atoms with Crippen LogP contribution in [0.1, 0.15) is 0 Å². The molecule has 1 N–H and O–H groups in total. The van der Waals surface area contributed by atoms with Gasteiger partial charge >= 0.3 is 6.36 Å². The Hall–Kier alpha value is -2.72. The number of hydrogen-bond acceptors (Lipinski definition) is 6. The zero-order chi connectivity index (χ0) is 22.0. The van der Waals surface area contributed by atoms with Crippen molar-refractivity contribution in [2.24, 2.45) is 0 Å². The highest BCUT2D eigenvalue weighted by Gasteiger charge is 2.31. The van der Waals surface area contributed by atoms with Gasteiger partial charge in [-0.1, -0.05) is 11.3 Å². The molecule has 166 valence electrons. The van der Waals surface area contributed by atoms with Crippen LogP contribution in [0.2, 0.25) is 0 Å². The second-order valence-electron chi connectivity index (χ2n) is 7.26. The summed E-state index contributed by atoms with van der Waals surface area (Å²) in [5.74, 6) is 0.578. The zero-order valence-electron chi connectivity index (χ0n) is 17.0. The van der Waals surface area contributed by atoms with Crippen molar-refractivity contribution >= 4 is 27.2 Å². The number of nitrogens with zero attached hydrogens (tertiary/aromatic N) is 3. The van der Waals surface area contributed by atoms with Crippen LogP contribution in [-0.4, -0.2) is 55.7 Å². The largest absolute Gasteiger partial charge is 0.573 e. The highest BCUT2D eigenvalue weighted by molar-refractivity contribution is 7.16. The summed E-state index contributed by atoms with van der Waals surface area (Å²) in [5, 5.41) is 8.23. The molecular weight excluding hydrogens is 429 g/mol. The van der Waals surface area contributed by atoms with E-state index in [-0.39, 0.29) is 5.75 Å². The Balaban J connectivity index is 1.36. The molecule has 31 heavy (non-hydrogen) atoms. The first-order valence-electron chi connectivity index (χ1n) is 9.87. The normalized spacial score (nSPS) is 15.4. The van der Waals surface area contributed by atoms with Crippen molar-refractivity contribution in [3.05, 3.63) is 47.3 Å². The van der Waals surface area contributed by atoms with Gasteiger partial charge in [-0.15, -0.1) is 13.2 Å². The fraction of sp³-hybridized carbons (Fsp3) is 0.381. The van der Waals surface area contributed by atoms with Gasteiger partial charge in [-0.2, -0.15) is 0 Å². The topological polar surface area (TPSA) is 53.7 Å². The lowest BCUT2D eigenvalue weighted by Gasteiger charge is -2.36. The minimum atomic E-state index is -4.72. The highest BCUT2D eigenvalue weighted by atomic mass is 32.1. The van der Waals surface area contributed by atoms with Crippen LogP contribution in [-0.2, 0) is 6.54 Å². The van der Waals surface area contributed by atoms with Crippen molar-refractivity contribution < 1.29 is 22.6 Å². The molecule has 10 heteroatoms. The Morgan fingerprint density at radius 3 is 2.29 bits per heavy atom. The quantitative estimate of drug-likeness (QED) is 0.616. The van der Waals surface area contributed by atoms with Crippen LogP contribution in [0.15, 0.2) is 42.5 Å². The molecule has 0 spiro atoms. The van der Waals surface area contributed by atoms with E-state index in [1.165, 1.54) is 17.8 Å². The Morgan fingerprint density at radius 2 is 1.65 bits per heavy atom. The lowest BCUT2D eigenvalue weighted by molar-refractivity contribution is -0.274. The second kappa shape index (κ2) is 8.80. The van der Waals surface area contributed by atoms with Gasteiger partial charge in [0.2, 0.25) is 0 Å². The number of hydrogen-bond donors (Lipinski definition) is 1. The summed E-state index contributed by atoms with van der Waals surface area (Å²) in [4.78, 5) is 4.99. The Labute approximate surface area is 181 Å². The van der Waals surface area contributed by atoms with Crippen molar-refractivity contribution in [1.82, 2.24) is 9.47 Å². The lowest BCUT2D eigenvalue weighted by Crippen LogP contribution is -2.47. The van der Waals surface area contributed by atoms with Crippen molar-refractivity contribution in [3.63, 3.8) is 0 Å². The van der Waals surface area contributed by atoms with Crippen LogP contribution >= 0.6 is 11.3 Å². The molecule has 0 aliphatic carbocycles. The van der Waals surface area contributed by atoms with Gasteiger partial charge < -0.3 is 18.9 Å². The number of ether oxygens (including phenoxy) is 2. The van der Waals surface area contributed by atoms with Gasteiger partial charge in [-0.25, -0.2) is 0 Å². The highest BCUT2D eigenvalue weighted by Crippen LogP contribution is 2.28. The smallest absolute Gasteiger partial charge is 0.497 e. The number of nitrogens with one attached hydrogen (secondary N) is 1. The van der Waals surface area contributed by atoms with E-state index in [1.807, 2.05) is 16.7 Å². The van der Waals surface area contributed by atoms with Gasteiger partial charge in [0.05, 0.1) is 17.3 Å². The van der Waals surface area contributed by atoms with Gasteiger partial charge in [-0.05, 0) is 42.5 Å². The van der Waals surface area contributed by atoms with E-state index in [9.17, 15) is 13.2 Å². The summed E-state index contributed by atoms with van der Waals surface area (Å²) in [5.41, 5.74) is 1.92. The maximum absolute atomic E-state index is 12.4. The molecule has 1 aliphatic heterocycles. The van der Waals surface area contributed by atoms with E-state index < -0.39 is 6.36 Å². The number of anilines is 1. The number of methoxy groups -OCH3 is 1. The van der Waals surface area contributed by atoms with Crippen LogP contribution < -0.4 is 19.2 Å². The molecule has 0 radical (unpaired) electrons. The first-order valence-corrected chi connectivity index (χ1v) is 10.7. The molecule has 0 bridgehead atoms. The second-order valence-corrected chi connectivity index (χ2v) is 8.29. The molecule has 2 aromatic carbocycles. The van der Waals surface area contributed by atoms with Gasteiger partial charge in [0, 0.05) is 45.0 Å². The summed E-state index contributed by atoms with van der Waals surface area (Å²) in [7, 11) is 1.65. The van der Waals surface area contributed by atoms with E-state index in [2.05, 4.69) is 26.7 Å². The summed E-state index contributed by atoms with van der Waals surface area (Å²) >= 11 is 1.15. The number of alkyl halides is 3. The molecule has 1 aliphatic rings. The molecule has 0 amide bonds. The zero-order valence-corrected chi connectivity index (χ0v) is 17.8. The van der Waals surface area contributed by atoms with Crippen LogP contribution in [0.4, 0.5) is 18.9 Å². The van der Waals surface area contributed by atoms with Gasteiger partial charge in [0.15, 0.2) is 4.80 Å². The standard InChI is InChI=1S/C21H23F3N4O2S/c1-29-16-4-2-15(3-5-16)27-11-8-26(9-12-27)10-13-28-18-7-6-17(30-21(22,23)24)14-19(18)31-20(28)25/h2-7,14,25H,8-13H2,1H3. The van der Waals surface area contributed by atoms with E-state index in [0.29, 0.717) is 16.0 Å². The number of fused-ring (bicyclic) bond motifs is 1. The molecule has 0 unspecified atom stereocenters. The van der Waals surface area contributed by atoms with Gasteiger partial charge in [-0.3, -0.25) is 10.3 Å². The Kier molecular flexibility index (Phi) is 6.10. The number of aromatic nitrogens is 1. The van der Waals surface area contributed by atoms with Gasteiger partial charge in [0.1, 0.15) is 11.5 Å². The summed E-state index contributed by atoms with van der Waals surface area (Å²) in [6.45, 7) is 5.03. The number of rotatable bonds is 6. The van der Waals surface area contributed by atoms with E-state index in [1.54, 1.807) is 13.2 Å². The number of piperazine rings is 1. The first-order chi connectivity index (χ1) is 14.8. The monoisotopic (exact) mass is 452 g/mol. The summed E-state index contributed by atoms with van der Waals surface area (Å²) in [6.07, 6.45) is -4.72. The lowest BCUT2D eigenvalue weighted by atomic mass is 10.2. The minimum Gasteiger partial charge on any atom is -0.497 e. The fourth-order valence-corrected chi connectivity index (χ4v) is 4.72. The molecular formula is C21H23F3N4O2S. The SMILES string of the molecule is COc1ccc(N2CCN(CCn3c(=N)sc4cc(OC(F)(F)F)ccc43)CC2)cc1. The molecule has 6 nitrogen and oxygen atoms in total. The third kappa shape index (κ3) is 5.13. The third-order valence-corrected chi connectivity index (χ3v) is 6.32. The average molecular weight is 453 g/mol. The third-order valence-electron chi connectivity index (χ3n) is 5.36. The Bertz CT molecular complexity index is 1090. The molecule has 1 saturated heterocycles. The van der Waals surface area contributed by atoms with Crippen LogP contribution in [0, 0.1) is 5.41 Å². The molecule has 0 atom stereocenters. The van der Waals surface area contributed by atoms with Crippen molar-refractivity contribution in [2.75, 3.05) is 44.7 Å².